The fraction of sp³-hybridized carbons (Fsp3) is 1.00. The Balaban J connectivity index is 1.82. The highest BCUT2D eigenvalue weighted by Crippen LogP contribution is 2.24. The van der Waals surface area contributed by atoms with Crippen molar-refractivity contribution in [3.8, 4) is 0 Å². The second-order valence-corrected chi connectivity index (χ2v) is 7.87. The molecule has 0 aromatic carbocycles. The Morgan fingerprint density at radius 3 is 2.42 bits per heavy atom. The minimum Gasteiger partial charge on any atom is -0.377 e. The van der Waals surface area contributed by atoms with Crippen LogP contribution in [0, 0.1) is 0 Å². The lowest BCUT2D eigenvalue weighted by Gasteiger charge is -2.28. The molecule has 2 rings (SSSR count). The topological polar surface area (TPSA) is 81.4 Å². The Hall–Kier alpha value is -0.170. The molecule has 1 aliphatic carbocycles. The summed E-state index contributed by atoms with van der Waals surface area (Å²) < 4.78 is 32.1. The van der Waals surface area contributed by atoms with Crippen molar-refractivity contribution in [2.75, 3.05) is 18.9 Å². The summed E-state index contributed by atoms with van der Waals surface area (Å²) in [5, 5.41) is 0. The molecule has 1 heterocycles. The van der Waals surface area contributed by atoms with Crippen LogP contribution < -0.4 is 10.5 Å². The highest BCUT2D eigenvalue weighted by Gasteiger charge is 2.29. The van der Waals surface area contributed by atoms with Crippen molar-refractivity contribution >= 4 is 10.0 Å². The van der Waals surface area contributed by atoms with Crippen LogP contribution in [-0.4, -0.2) is 39.0 Å². The molecular weight excluding hydrogens is 264 g/mol. The number of ether oxygens (including phenoxy) is 1. The molecule has 6 heteroatoms. The van der Waals surface area contributed by atoms with E-state index in [4.69, 9.17) is 10.5 Å². The van der Waals surface area contributed by atoms with Crippen LogP contribution in [0.25, 0.3) is 0 Å². The zero-order valence-corrected chi connectivity index (χ0v) is 12.4. The lowest BCUT2D eigenvalue weighted by atomic mass is 9.92. The zero-order valence-electron chi connectivity index (χ0n) is 11.6. The quantitative estimate of drug-likeness (QED) is 0.744. The van der Waals surface area contributed by atoms with E-state index in [1.54, 1.807) is 0 Å². The number of nitrogens with two attached hydrogens (primary N) is 1. The van der Waals surface area contributed by atoms with Crippen molar-refractivity contribution in [1.82, 2.24) is 4.72 Å². The van der Waals surface area contributed by atoms with Gasteiger partial charge in [0.25, 0.3) is 0 Å². The number of hydrogen-bond donors (Lipinski definition) is 2. The minimum atomic E-state index is -3.27. The van der Waals surface area contributed by atoms with E-state index < -0.39 is 10.0 Å². The number of hydrogen-bond acceptors (Lipinski definition) is 4. The molecule has 112 valence electrons. The molecule has 1 saturated carbocycles. The molecule has 0 aromatic rings. The summed E-state index contributed by atoms with van der Waals surface area (Å²) in [7, 11) is -3.27. The molecule has 0 aromatic heterocycles. The van der Waals surface area contributed by atoms with Gasteiger partial charge in [-0.05, 0) is 25.7 Å². The number of sulfonamides is 1. The second-order valence-electron chi connectivity index (χ2n) is 6.01. The van der Waals surface area contributed by atoms with Gasteiger partial charge in [-0.25, -0.2) is 13.1 Å². The van der Waals surface area contributed by atoms with Crippen LogP contribution in [0.2, 0.25) is 0 Å². The normalized spacial score (nSPS) is 28.2. The summed E-state index contributed by atoms with van der Waals surface area (Å²) in [4.78, 5) is 0. The summed E-state index contributed by atoms with van der Waals surface area (Å²) in [6.07, 6.45) is 8.11. The highest BCUT2D eigenvalue weighted by molar-refractivity contribution is 7.89. The third-order valence-corrected chi connectivity index (χ3v) is 5.57. The van der Waals surface area contributed by atoms with Crippen molar-refractivity contribution in [2.45, 2.75) is 63.0 Å². The van der Waals surface area contributed by atoms with E-state index in [-0.39, 0.29) is 17.4 Å². The van der Waals surface area contributed by atoms with E-state index in [1.165, 1.54) is 12.8 Å². The first-order valence-electron chi connectivity index (χ1n) is 7.37. The van der Waals surface area contributed by atoms with Crippen molar-refractivity contribution in [1.29, 1.82) is 0 Å². The predicted molar refractivity (Wildman–Crippen MR) is 75.4 cm³/mol. The van der Waals surface area contributed by atoms with Gasteiger partial charge in [0.05, 0.1) is 11.9 Å². The Kier molecular flexibility index (Phi) is 5.22. The molecule has 0 bridgehead atoms. The zero-order chi connectivity index (χ0) is 13.8. The highest BCUT2D eigenvalue weighted by atomic mass is 32.2. The summed E-state index contributed by atoms with van der Waals surface area (Å²) in [6.45, 7) is 1.04. The molecule has 0 amide bonds. The van der Waals surface area contributed by atoms with E-state index in [0.29, 0.717) is 13.2 Å². The number of nitrogens with one attached hydrogen (secondary N) is 1. The van der Waals surface area contributed by atoms with Crippen molar-refractivity contribution in [3.05, 3.63) is 0 Å². The summed E-state index contributed by atoms with van der Waals surface area (Å²) in [6, 6.07) is 0. The second kappa shape index (κ2) is 6.52. The minimum absolute atomic E-state index is 0.0725. The summed E-state index contributed by atoms with van der Waals surface area (Å²) >= 11 is 0. The predicted octanol–water partition coefficient (Wildman–Crippen LogP) is 1.14. The van der Waals surface area contributed by atoms with Crippen LogP contribution in [0.4, 0.5) is 0 Å². The fourth-order valence-electron chi connectivity index (χ4n) is 2.94. The van der Waals surface area contributed by atoms with E-state index in [0.717, 1.165) is 38.5 Å². The van der Waals surface area contributed by atoms with Gasteiger partial charge in [0.1, 0.15) is 0 Å². The van der Waals surface area contributed by atoms with Gasteiger partial charge in [-0.3, -0.25) is 0 Å². The molecule has 1 aliphatic heterocycles. The van der Waals surface area contributed by atoms with Gasteiger partial charge in [-0.15, -0.1) is 0 Å². The lowest BCUT2D eigenvalue weighted by Crippen LogP contribution is -2.50. The van der Waals surface area contributed by atoms with Gasteiger partial charge in [-0.1, -0.05) is 25.7 Å². The van der Waals surface area contributed by atoms with E-state index in [2.05, 4.69) is 4.72 Å². The first kappa shape index (κ1) is 15.2. The molecule has 1 unspecified atom stereocenters. The average molecular weight is 290 g/mol. The van der Waals surface area contributed by atoms with Gasteiger partial charge in [0.2, 0.25) is 10.0 Å². The van der Waals surface area contributed by atoms with Gasteiger partial charge in [-0.2, -0.15) is 0 Å². The van der Waals surface area contributed by atoms with Crippen molar-refractivity contribution < 1.29 is 13.2 Å². The van der Waals surface area contributed by atoms with Crippen molar-refractivity contribution in [2.24, 2.45) is 5.73 Å². The largest absolute Gasteiger partial charge is 0.377 e. The lowest BCUT2D eigenvalue weighted by molar-refractivity contribution is 0.127. The molecule has 2 fully saturated rings. The Bertz CT molecular complexity index is 369. The fourth-order valence-corrected chi connectivity index (χ4v) is 4.32. The SMILES string of the molecule is NC1(CNS(=O)(=O)CC2CCCO2)CCCCCC1. The maximum absolute atomic E-state index is 12.0. The van der Waals surface area contributed by atoms with Gasteiger partial charge in [0.15, 0.2) is 0 Å². The van der Waals surface area contributed by atoms with Gasteiger partial charge >= 0.3 is 0 Å². The van der Waals surface area contributed by atoms with Crippen LogP contribution in [0.3, 0.4) is 0 Å². The Morgan fingerprint density at radius 2 is 1.84 bits per heavy atom. The summed E-state index contributed by atoms with van der Waals surface area (Å²) in [5.74, 6) is 0.0725. The molecule has 19 heavy (non-hydrogen) atoms. The third kappa shape index (κ3) is 5.02. The van der Waals surface area contributed by atoms with E-state index >= 15 is 0 Å². The smallest absolute Gasteiger partial charge is 0.214 e. The molecule has 3 N–H and O–H groups in total. The first-order valence-corrected chi connectivity index (χ1v) is 9.02. The van der Waals surface area contributed by atoms with Crippen LogP contribution in [0.1, 0.15) is 51.4 Å². The van der Waals surface area contributed by atoms with Gasteiger partial charge < -0.3 is 10.5 Å². The average Bonchev–Trinajstić information content (AvgIpc) is 2.74. The Morgan fingerprint density at radius 1 is 1.16 bits per heavy atom. The van der Waals surface area contributed by atoms with Crippen LogP contribution >= 0.6 is 0 Å². The first-order chi connectivity index (χ1) is 8.99. The molecule has 5 nitrogen and oxygen atoms in total. The van der Waals surface area contributed by atoms with Crippen molar-refractivity contribution in [3.63, 3.8) is 0 Å². The van der Waals surface area contributed by atoms with Crippen LogP contribution in [0.5, 0.6) is 0 Å². The maximum atomic E-state index is 12.0. The van der Waals surface area contributed by atoms with Crippen LogP contribution in [0.15, 0.2) is 0 Å². The molecule has 1 saturated heterocycles. The number of rotatable bonds is 5. The Labute approximate surface area is 116 Å². The molecule has 0 spiro atoms. The molecule has 0 radical (unpaired) electrons. The molecular formula is C13H26N2O3S. The van der Waals surface area contributed by atoms with E-state index in [1.807, 2.05) is 0 Å². The third-order valence-electron chi connectivity index (χ3n) is 4.17. The standard InChI is InChI=1S/C13H26N2O3S/c14-13(7-3-1-2-4-8-13)11-15-19(16,17)10-12-6-5-9-18-12/h12,15H,1-11,14H2. The summed E-state index contributed by atoms with van der Waals surface area (Å²) in [5.41, 5.74) is 5.96. The molecule has 2 aliphatic rings. The molecule has 1 atom stereocenters. The van der Waals surface area contributed by atoms with E-state index in [9.17, 15) is 8.42 Å². The maximum Gasteiger partial charge on any atom is 0.214 e. The van der Waals surface area contributed by atoms with Gasteiger partial charge in [0, 0.05) is 18.7 Å². The monoisotopic (exact) mass is 290 g/mol. The van der Waals surface area contributed by atoms with Crippen LogP contribution in [-0.2, 0) is 14.8 Å².